The molecule has 1 aromatic rings. The summed E-state index contributed by atoms with van der Waals surface area (Å²) in [5, 5.41) is 11.4. The van der Waals surface area contributed by atoms with E-state index in [1.807, 2.05) is 35.8 Å². The van der Waals surface area contributed by atoms with Crippen molar-refractivity contribution < 1.29 is 14.4 Å². The Balaban J connectivity index is 1.63. The largest absolute Gasteiger partial charge is 0.342 e. The normalized spacial score (nSPS) is 20.5. The second kappa shape index (κ2) is 12.1. The molecule has 0 aliphatic carbocycles. The molecule has 0 saturated carbocycles. The van der Waals surface area contributed by atoms with E-state index in [4.69, 9.17) is 5.41 Å². The lowest BCUT2D eigenvalue weighted by Crippen LogP contribution is -2.46. The summed E-state index contributed by atoms with van der Waals surface area (Å²) in [7, 11) is 0. The van der Waals surface area contributed by atoms with E-state index in [-0.39, 0.29) is 29.6 Å². The lowest BCUT2D eigenvalue weighted by molar-refractivity contribution is -0.131. The fourth-order valence-corrected chi connectivity index (χ4v) is 5.74. The Morgan fingerprint density at radius 1 is 1.11 bits per heavy atom. The number of guanidine groups is 1. The van der Waals surface area contributed by atoms with Gasteiger partial charge in [0.05, 0.1) is 0 Å². The highest BCUT2D eigenvalue weighted by Crippen LogP contribution is 2.28. The number of nitrogens with zero attached hydrogens (tertiary/aromatic N) is 3. The number of hydrogen-bond acceptors (Lipinski definition) is 4. The minimum absolute atomic E-state index is 0.0176. The fourth-order valence-electron chi connectivity index (χ4n) is 5.74. The monoisotopic (exact) mass is 511 g/mol. The van der Waals surface area contributed by atoms with E-state index in [1.165, 1.54) is 0 Å². The van der Waals surface area contributed by atoms with Crippen molar-refractivity contribution in [3.8, 4) is 0 Å². The molecule has 204 valence electrons. The van der Waals surface area contributed by atoms with Crippen LogP contribution in [-0.2, 0) is 4.79 Å². The first-order valence-electron chi connectivity index (χ1n) is 13.9. The van der Waals surface area contributed by atoms with E-state index >= 15 is 0 Å². The number of nitrogens with one attached hydrogen (secondary N) is 2. The summed E-state index contributed by atoms with van der Waals surface area (Å²) in [6.45, 7) is 15.2. The number of likely N-dealkylation sites (tertiary alicyclic amines) is 1. The number of rotatable bonds is 10. The van der Waals surface area contributed by atoms with Gasteiger partial charge in [0.1, 0.15) is 5.54 Å². The number of carbonyl (C=O) groups is 3. The number of piperidine rings is 1. The van der Waals surface area contributed by atoms with E-state index in [0.29, 0.717) is 56.2 Å². The summed E-state index contributed by atoms with van der Waals surface area (Å²) >= 11 is 0. The van der Waals surface area contributed by atoms with Crippen LogP contribution >= 0.6 is 0 Å². The number of benzene rings is 1. The zero-order valence-corrected chi connectivity index (χ0v) is 23.5. The lowest BCUT2D eigenvalue weighted by atomic mass is 9.90. The third-order valence-electron chi connectivity index (χ3n) is 7.39. The van der Waals surface area contributed by atoms with Crippen LogP contribution in [0.25, 0.3) is 0 Å². The first-order valence-corrected chi connectivity index (χ1v) is 13.9. The van der Waals surface area contributed by atoms with Gasteiger partial charge in [-0.2, -0.15) is 0 Å². The summed E-state index contributed by atoms with van der Waals surface area (Å²) in [6.07, 6.45) is 4.04. The average Bonchev–Trinajstić information content (AvgIpc) is 3.05. The predicted octanol–water partition coefficient (Wildman–Crippen LogP) is 4.28. The Morgan fingerprint density at radius 2 is 1.70 bits per heavy atom. The van der Waals surface area contributed by atoms with Crippen LogP contribution in [0.4, 0.5) is 0 Å². The van der Waals surface area contributed by atoms with Crippen LogP contribution in [0, 0.1) is 24.2 Å². The molecule has 1 aromatic carbocycles. The van der Waals surface area contributed by atoms with Gasteiger partial charge in [-0.15, -0.1) is 0 Å². The molecule has 0 radical (unpaired) electrons. The van der Waals surface area contributed by atoms with Crippen LogP contribution in [0.3, 0.4) is 0 Å². The molecule has 0 aromatic heterocycles. The fraction of sp³-hybridized carbons (Fsp3) is 0.655. The zero-order valence-electron chi connectivity index (χ0n) is 23.5. The molecule has 2 aliphatic rings. The minimum Gasteiger partial charge on any atom is -0.342 e. The third-order valence-corrected chi connectivity index (χ3v) is 7.39. The Labute approximate surface area is 222 Å². The topological polar surface area (TPSA) is 96.8 Å². The molecule has 8 heteroatoms. The highest BCUT2D eigenvalue weighted by molar-refractivity contribution is 6.07. The van der Waals surface area contributed by atoms with Crippen molar-refractivity contribution in [1.29, 1.82) is 5.41 Å². The van der Waals surface area contributed by atoms with E-state index in [2.05, 4.69) is 33.0 Å². The SMILES string of the molecule is CCCN(CCC)C(=O)c1cc(C)cc(C(=O)N2CCC(CN3C(=N)NC(C)(CC(C)C)C3=O)CC2)c1. The molecule has 2 fully saturated rings. The van der Waals surface area contributed by atoms with Crippen molar-refractivity contribution in [1.82, 2.24) is 20.0 Å². The molecular formula is C29H45N5O3. The molecule has 3 rings (SSSR count). The maximum atomic E-state index is 13.4. The van der Waals surface area contributed by atoms with Crippen LogP contribution < -0.4 is 5.32 Å². The minimum atomic E-state index is -0.716. The second-order valence-electron chi connectivity index (χ2n) is 11.4. The van der Waals surface area contributed by atoms with Crippen LogP contribution in [-0.4, -0.2) is 76.6 Å². The number of carbonyl (C=O) groups excluding carboxylic acids is 3. The first kappa shape index (κ1) is 28.7. The Bertz CT molecular complexity index is 1010. The number of hydrogen-bond donors (Lipinski definition) is 2. The molecule has 2 heterocycles. The van der Waals surface area contributed by atoms with Gasteiger partial charge in [-0.1, -0.05) is 27.7 Å². The summed E-state index contributed by atoms with van der Waals surface area (Å²) in [6, 6.07) is 5.47. The zero-order chi connectivity index (χ0) is 27.3. The smallest absolute Gasteiger partial charge is 0.254 e. The van der Waals surface area contributed by atoms with Gasteiger partial charge in [0.2, 0.25) is 0 Å². The molecule has 2 N–H and O–H groups in total. The van der Waals surface area contributed by atoms with Crippen LogP contribution in [0.5, 0.6) is 0 Å². The van der Waals surface area contributed by atoms with Gasteiger partial charge >= 0.3 is 0 Å². The summed E-state index contributed by atoms with van der Waals surface area (Å²) in [5.74, 6) is 0.677. The molecule has 2 aliphatic heterocycles. The van der Waals surface area contributed by atoms with Crippen molar-refractivity contribution in [3.63, 3.8) is 0 Å². The van der Waals surface area contributed by atoms with Gasteiger partial charge in [-0.3, -0.25) is 24.7 Å². The highest BCUT2D eigenvalue weighted by atomic mass is 16.2. The molecule has 2 saturated heterocycles. The van der Waals surface area contributed by atoms with E-state index < -0.39 is 5.54 Å². The summed E-state index contributed by atoms with van der Waals surface area (Å²) < 4.78 is 0. The van der Waals surface area contributed by atoms with Crippen LogP contribution in [0.1, 0.15) is 93.0 Å². The maximum absolute atomic E-state index is 13.4. The molecule has 37 heavy (non-hydrogen) atoms. The number of amides is 3. The summed E-state index contributed by atoms with van der Waals surface area (Å²) in [5.41, 5.74) is 1.31. The van der Waals surface area contributed by atoms with Crippen LogP contribution in [0.15, 0.2) is 18.2 Å². The Morgan fingerprint density at radius 3 is 2.27 bits per heavy atom. The average molecular weight is 512 g/mol. The quantitative estimate of drug-likeness (QED) is 0.490. The molecule has 0 spiro atoms. The lowest BCUT2D eigenvalue weighted by Gasteiger charge is -2.34. The molecule has 8 nitrogen and oxygen atoms in total. The van der Waals surface area contributed by atoms with Gasteiger partial charge in [0.25, 0.3) is 17.7 Å². The predicted molar refractivity (Wildman–Crippen MR) is 147 cm³/mol. The standard InChI is InChI=1S/C29H45N5O3/c1-7-11-32(12-8-2)25(35)23-15-21(5)16-24(17-23)26(36)33-13-9-22(10-14-33)19-34-27(37)29(6,18-20(3)4)31-28(34)30/h15-17,20,22H,7-14,18-19H2,1-6H3,(H2,30,31). The molecular weight excluding hydrogens is 466 g/mol. The van der Waals surface area contributed by atoms with Crippen molar-refractivity contribution in [2.45, 2.75) is 79.2 Å². The van der Waals surface area contributed by atoms with E-state index in [0.717, 1.165) is 31.2 Å². The molecule has 3 amide bonds. The maximum Gasteiger partial charge on any atom is 0.254 e. The van der Waals surface area contributed by atoms with E-state index in [9.17, 15) is 14.4 Å². The van der Waals surface area contributed by atoms with Gasteiger partial charge in [0.15, 0.2) is 5.96 Å². The highest BCUT2D eigenvalue weighted by Gasteiger charge is 2.46. The number of aryl methyl sites for hydroxylation is 1. The van der Waals surface area contributed by atoms with Gasteiger partial charge in [-0.25, -0.2) is 0 Å². The van der Waals surface area contributed by atoms with E-state index in [1.54, 1.807) is 11.0 Å². The van der Waals surface area contributed by atoms with Crippen LogP contribution in [0.2, 0.25) is 0 Å². The van der Waals surface area contributed by atoms with Gasteiger partial charge in [-0.05, 0) is 81.5 Å². The van der Waals surface area contributed by atoms with Gasteiger partial charge in [0, 0.05) is 43.9 Å². The van der Waals surface area contributed by atoms with Crippen molar-refractivity contribution in [2.24, 2.45) is 11.8 Å². The molecule has 1 unspecified atom stereocenters. The Hall–Kier alpha value is -2.90. The van der Waals surface area contributed by atoms with Crippen molar-refractivity contribution in [3.05, 3.63) is 34.9 Å². The third kappa shape index (κ3) is 6.70. The second-order valence-corrected chi connectivity index (χ2v) is 11.4. The summed E-state index contributed by atoms with van der Waals surface area (Å²) in [4.78, 5) is 44.9. The Kier molecular flexibility index (Phi) is 9.37. The van der Waals surface area contributed by atoms with Crippen molar-refractivity contribution >= 4 is 23.7 Å². The van der Waals surface area contributed by atoms with Crippen molar-refractivity contribution in [2.75, 3.05) is 32.7 Å². The first-order chi connectivity index (χ1) is 17.5. The molecule has 0 bridgehead atoms. The molecule has 1 atom stereocenters. The van der Waals surface area contributed by atoms with Gasteiger partial charge < -0.3 is 15.1 Å².